The van der Waals surface area contributed by atoms with E-state index in [1.54, 1.807) is 18.2 Å². The van der Waals surface area contributed by atoms with Gasteiger partial charge in [-0.25, -0.2) is 0 Å². The van der Waals surface area contributed by atoms with E-state index in [4.69, 9.17) is 15.8 Å². The molecule has 1 rings (SSSR count). The van der Waals surface area contributed by atoms with Crippen molar-refractivity contribution in [2.24, 2.45) is 0 Å². The van der Waals surface area contributed by atoms with Crippen LogP contribution in [-0.4, -0.2) is 18.5 Å². The fourth-order valence-electron chi connectivity index (χ4n) is 0.652. The number of carbonyl (C=O) groups is 1. The maximum Gasteiger partial charge on any atom is 0.150 e. The Morgan fingerprint density at radius 1 is 1.54 bits per heavy atom. The summed E-state index contributed by atoms with van der Waals surface area (Å²) in [7, 11) is 7.62. The highest BCUT2D eigenvalue weighted by atomic mass is 79.9. The summed E-state index contributed by atoms with van der Waals surface area (Å²) < 4.78 is 0.906. The Bertz CT molecular complexity index is 281. The highest BCUT2D eigenvalue weighted by Gasteiger charge is 1.99. The summed E-state index contributed by atoms with van der Waals surface area (Å²) in [5, 5.41) is 7.00. The van der Waals surface area contributed by atoms with Crippen molar-refractivity contribution in [3.63, 3.8) is 0 Å². The lowest BCUT2D eigenvalue weighted by atomic mass is 10.2. The minimum Gasteiger partial charge on any atom is -0.400 e. The van der Waals surface area contributed by atoms with Gasteiger partial charge in [-0.1, -0.05) is 6.07 Å². The number of carbonyl (C=O) groups excluding carboxylic acids is 1. The standard InChI is InChI=1S/C7H4BrClOS.CH4O/c8-6-2-1-5(4-10)3-7(6)11-9;1-2/h1-4H;2H,1H3. The molecular formula is C8H8BrClO2S. The summed E-state index contributed by atoms with van der Waals surface area (Å²) in [5.74, 6) is 0. The van der Waals surface area contributed by atoms with Crippen LogP contribution in [-0.2, 0) is 0 Å². The second-order valence-electron chi connectivity index (χ2n) is 1.88. The second-order valence-corrected chi connectivity index (χ2v) is 3.80. The molecule has 0 atom stereocenters. The first kappa shape index (κ1) is 13.0. The number of hydrogen-bond donors (Lipinski definition) is 1. The molecule has 0 aliphatic rings. The van der Waals surface area contributed by atoms with Crippen molar-refractivity contribution in [2.75, 3.05) is 7.11 Å². The fraction of sp³-hybridized carbons (Fsp3) is 0.125. The number of aldehydes is 1. The topological polar surface area (TPSA) is 37.3 Å². The molecule has 0 saturated heterocycles. The molecule has 0 bridgehead atoms. The van der Waals surface area contributed by atoms with E-state index in [-0.39, 0.29) is 0 Å². The second kappa shape index (κ2) is 7.38. The smallest absolute Gasteiger partial charge is 0.150 e. The third kappa shape index (κ3) is 4.13. The van der Waals surface area contributed by atoms with Crippen LogP contribution in [0.1, 0.15) is 10.4 Å². The van der Waals surface area contributed by atoms with E-state index in [9.17, 15) is 4.79 Å². The molecule has 2 nitrogen and oxygen atoms in total. The molecule has 0 radical (unpaired) electrons. The molecule has 0 spiro atoms. The lowest BCUT2D eigenvalue weighted by Gasteiger charge is -1.98. The van der Waals surface area contributed by atoms with E-state index in [2.05, 4.69) is 15.9 Å². The van der Waals surface area contributed by atoms with Crippen molar-refractivity contribution in [2.45, 2.75) is 4.90 Å². The van der Waals surface area contributed by atoms with Crippen molar-refractivity contribution in [3.05, 3.63) is 28.2 Å². The zero-order valence-electron chi connectivity index (χ0n) is 6.83. The quantitative estimate of drug-likeness (QED) is 0.847. The van der Waals surface area contributed by atoms with E-state index < -0.39 is 0 Å². The van der Waals surface area contributed by atoms with Gasteiger partial charge in [0, 0.05) is 22.0 Å². The molecular weight excluding hydrogens is 276 g/mol. The van der Waals surface area contributed by atoms with Gasteiger partial charge in [-0.15, -0.1) is 0 Å². The number of benzene rings is 1. The van der Waals surface area contributed by atoms with Crippen LogP contribution < -0.4 is 0 Å². The molecule has 0 aliphatic carbocycles. The SMILES string of the molecule is CO.O=Cc1ccc(Br)c(SCl)c1. The van der Waals surface area contributed by atoms with Crippen LogP contribution in [0.5, 0.6) is 0 Å². The molecule has 0 aliphatic heterocycles. The van der Waals surface area contributed by atoms with Crippen LogP contribution in [0.25, 0.3) is 0 Å². The Morgan fingerprint density at radius 2 is 2.15 bits per heavy atom. The Balaban J connectivity index is 0.000000671. The third-order valence-electron chi connectivity index (χ3n) is 1.17. The van der Waals surface area contributed by atoms with Crippen LogP contribution in [0.2, 0.25) is 0 Å². The van der Waals surface area contributed by atoms with Gasteiger partial charge >= 0.3 is 0 Å². The molecule has 0 heterocycles. The van der Waals surface area contributed by atoms with Gasteiger partial charge in [-0.05, 0) is 49.7 Å². The molecule has 5 heteroatoms. The highest BCUT2D eigenvalue weighted by Crippen LogP contribution is 2.30. The number of hydrogen-bond acceptors (Lipinski definition) is 3. The van der Waals surface area contributed by atoms with Gasteiger partial charge in [0.2, 0.25) is 0 Å². The zero-order valence-corrected chi connectivity index (χ0v) is 9.99. The summed E-state index contributed by atoms with van der Waals surface area (Å²) in [6, 6.07) is 5.26. The van der Waals surface area contributed by atoms with Gasteiger partial charge in [0.1, 0.15) is 6.29 Å². The van der Waals surface area contributed by atoms with Crippen molar-refractivity contribution >= 4 is 43.9 Å². The first-order chi connectivity index (χ1) is 6.27. The molecule has 1 aromatic rings. The van der Waals surface area contributed by atoms with Gasteiger partial charge in [-0.3, -0.25) is 4.79 Å². The third-order valence-corrected chi connectivity index (χ3v) is 3.13. The van der Waals surface area contributed by atoms with Crippen molar-refractivity contribution in [3.8, 4) is 0 Å². The van der Waals surface area contributed by atoms with Gasteiger partial charge < -0.3 is 5.11 Å². The van der Waals surface area contributed by atoms with Gasteiger partial charge in [0.05, 0.1) is 0 Å². The van der Waals surface area contributed by atoms with Gasteiger partial charge in [0.25, 0.3) is 0 Å². The van der Waals surface area contributed by atoms with Crippen molar-refractivity contribution < 1.29 is 9.90 Å². The Hall–Kier alpha value is -0.0300. The van der Waals surface area contributed by atoms with Gasteiger partial charge in [0.15, 0.2) is 0 Å². The predicted molar refractivity (Wildman–Crippen MR) is 59.4 cm³/mol. The molecule has 0 aromatic heterocycles. The summed E-state index contributed by atoms with van der Waals surface area (Å²) in [5.41, 5.74) is 0.636. The Morgan fingerprint density at radius 3 is 2.62 bits per heavy atom. The predicted octanol–water partition coefficient (Wildman–Crippen LogP) is 3.12. The molecule has 0 fully saturated rings. The first-order valence-corrected chi connectivity index (χ1v) is 5.69. The summed E-state index contributed by atoms with van der Waals surface area (Å²) in [6.45, 7) is 0. The highest BCUT2D eigenvalue weighted by molar-refractivity contribution is 9.10. The zero-order chi connectivity index (χ0) is 10.3. The Kier molecular flexibility index (Phi) is 7.36. The largest absolute Gasteiger partial charge is 0.400 e. The van der Waals surface area contributed by atoms with E-state index in [0.717, 1.165) is 33.7 Å². The van der Waals surface area contributed by atoms with E-state index >= 15 is 0 Å². The number of aliphatic hydroxyl groups excluding tert-OH is 1. The molecule has 1 N–H and O–H groups in total. The molecule has 0 amide bonds. The number of rotatable bonds is 2. The molecule has 0 unspecified atom stereocenters. The maximum atomic E-state index is 10.3. The van der Waals surface area contributed by atoms with Crippen LogP contribution in [0, 0.1) is 0 Å². The van der Waals surface area contributed by atoms with E-state index in [0.29, 0.717) is 5.56 Å². The first-order valence-electron chi connectivity index (χ1n) is 3.26. The average Bonchev–Trinajstić information content (AvgIpc) is 2.22. The summed E-state index contributed by atoms with van der Waals surface area (Å²) in [4.78, 5) is 11.2. The number of halogens is 2. The van der Waals surface area contributed by atoms with Crippen LogP contribution in [0.15, 0.2) is 27.6 Å². The average molecular weight is 284 g/mol. The molecule has 13 heavy (non-hydrogen) atoms. The monoisotopic (exact) mass is 282 g/mol. The number of aliphatic hydroxyl groups is 1. The summed E-state index contributed by atoms with van der Waals surface area (Å²) in [6.07, 6.45) is 0.795. The van der Waals surface area contributed by atoms with Gasteiger partial charge in [-0.2, -0.15) is 0 Å². The minimum atomic E-state index is 0.636. The van der Waals surface area contributed by atoms with Crippen LogP contribution in [0.3, 0.4) is 0 Å². The molecule has 72 valence electrons. The fourth-order valence-corrected chi connectivity index (χ4v) is 2.13. The lowest BCUT2D eigenvalue weighted by molar-refractivity contribution is 0.112. The summed E-state index contributed by atoms with van der Waals surface area (Å²) >= 11 is 3.30. The van der Waals surface area contributed by atoms with Crippen molar-refractivity contribution in [1.29, 1.82) is 0 Å². The van der Waals surface area contributed by atoms with E-state index in [1.165, 1.54) is 0 Å². The lowest BCUT2D eigenvalue weighted by Crippen LogP contribution is -1.79. The maximum absolute atomic E-state index is 10.3. The van der Waals surface area contributed by atoms with Crippen LogP contribution >= 0.6 is 37.6 Å². The molecule has 1 aromatic carbocycles. The minimum absolute atomic E-state index is 0.636. The molecule has 0 saturated carbocycles. The Labute approximate surface area is 93.9 Å². The normalized spacial score (nSPS) is 8.62. The van der Waals surface area contributed by atoms with Crippen molar-refractivity contribution in [1.82, 2.24) is 0 Å². The van der Waals surface area contributed by atoms with Crippen LogP contribution in [0.4, 0.5) is 0 Å². The van der Waals surface area contributed by atoms with E-state index in [1.807, 2.05) is 0 Å².